The van der Waals surface area contributed by atoms with Crippen LogP contribution in [-0.2, 0) is 4.89 Å². The van der Waals surface area contributed by atoms with E-state index in [4.69, 9.17) is 5.26 Å². The fraction of sp³-hybridized carbons (Fsp3) is 0.400. The van der Waals surface area contributed by atoms with Crippen molar-refractivity contribution in [1.29, 1.82) is 0 Å². The van der Waals surface area contributed by atoms with Gasteiger partial charge in [-0.25, -0.2) is 5.26 Å². The second-order valence-corrected chi connectivity index (χ2v) is 1.75. The zero-order valence-electron chi connectivity index (χ0n) is 6.40. The van der Waals surface area contributed by atoms with Crippen LogP contribution < -0.4 is 0 Å². The van der Waals surface area contributed by atoms with Gasteiger partial charge in [0.15, 0.2) is 5.82 Å². The predicted octanol–water partition coefficient (Wildman–Crippen LogP) is 0.518. The first-order valence-electron chi connectivity index (χ1n) is 2.83. The maximum absolute atomic E-state index is 7.54. The Balaban J connectivity index is 0.000000187. The SMILES string of the molecule is C=C(C)OO.Cc1nn[nH]n1. The lowest BCUT2D eigenvalue weighted by Gasteiger charge is -1.83. The summed E-state index contributed by atoms with van der Waals surface area (Å²) in [7, 11) is 0. The molecule has 0 bridgehead atoms. The van der Waals surface area contributed by atoms with Crippen LogP contribution in [0.5, 0.6) is 0 Å². The van der Waals surface area contributed by atoms with E-state index in [2.05, 4.69) is 32.1 Å². The number of aromatic amines is 1. The Morgan fingerprint density at radius 3 is 2.36 bits per heavy atom. The molecule has 6 nitrogen and oxygen atoms in total. The summed E-state index contributed by atoms with van der Waals surface area (Å²) in [6.07, 6.45) is 0. The van der Waals surface area contributed by atoms with Crippen molar-refractivity contribution in [2.45, 2.75) is 13.8 Å². The second kappa shape index (κ2) is 5.36. The summed E-state index contributed by atoms with van der Waals surface area (Å²) in [5, 5.41) is 20.3. The van der Waals surface area contributed by atoms with Crippen LogP contribution in [0.25, 0.3) is 0 Å². The molecule has 0 aromatic carbocycles. The van der Waals surface area contributed by atoms with E-state index >= 15 is 0 Å². The Bertz CT molecular complexity index is 196. The highest BCUT2D eigenvalue weighted by Crippen LogP contribution is 1.79. The van der Waals surface area contributed by atoms with Gasteiger partial charge in [0.05, 0.1) is 0 Å². The Kier molecular flexibility index (Phi) is 4.67. The molecule has 0 atom stereocenters. The van der Waals surface area contributed by atoms with Crippen molar-refractivity contribution < 1.29 is 10.1 Å². The Morgan fingerprint density at radius 2 is 2.27 bits per heavy atom. The van der Waals surface area contributed by atoms with E-state index in [-0.39, 0.29) is 0 Å². The highest BCUT2D eigenvalue weighted by Gasteiger charge is 1.78. The minimum absolute atomic E-state index is 0.310. The number of hydrogen-bond acceptors (Lipinski definition) is 5. The maximum atomic E-state index is 7.54. The van der Waals surface area contributed by atoms with Crippen LogP contribution in [0.2, 0.25) is 0 Å². The van der Waals surface area contributed by atoms with Gasteiger partial charge in [-0.05, 0) is 13.8 Å². The molecule has 2 N–H and O–H groups in total. The number of hydrogen-bond donors (Lipinski definition) is 2. The van der Waals surface area contributed by atoms with Crippen molar-refractivity contribution in [2.75, 3.05) is 0 Å². The van der Waals surface area contributed by atoms with Crippen LogP contribution >= 0.6 is 0 Å². The fourth-order valence-electron chi connectivity index (χ4n) is 0.212. The maximum Gasteiger partial charge on any atom is 0.171 e. The molecule has 0 spiro atoms. The fourth-order valence-corrected chi connectivity index (χ4v) is 0.212. The molecule has 0 aliphatic heterocycles. The summed E-state index contributed by atoms with van der Waals surface area (Å²) in [5.74, 6) is 0.986. The minimum Gasteiger partial charge on any atom is -0.346 e. The van der Waals surface area contributed by atoms with Gasteiger partial charge in [-0.1, -0.05) is 11.8 Å². The third kappa shape index (κ3) is 6.46. The highest BCUT2D eigenvalue weighted by atomic mass is 17.1. The number of nitrogens with zero attached hydrogens (tertiary/aromatic N) is 3. The first kappa shape index (κ1) is 9.57. The van der Waals surface area contributed by atoms with Gasteiger partial charge in [0.1, 0.15) is 5.76 Å². The van der Waals surface area contributed by atoms with E-state index in [1.807, 2.05) is 0 Å². The number of aryl methyl sites for hydroxylation is 1. The van der Waals surface area contributed by atoms with Gasteiger partial charge in [-0.3, -0.25) is 0 Å². The number of tetrazole rings is 1. The van der Waals surface area contributed by atoms with Crippen LogP contribution in [0, 0.1) is 6.92 Å². The van der Waals surface area contributed by atoms with Crippen LogP contribution in [0.4, 0.5) is 0 Å². The normalized spacial score (nSPS) is 7.91. The van der Waals surface area contributed by atoms with E-state index in [9.17, 15) is 0 Å². The number of rotatable bonds is 1. The summed E-state index contributed by atoms with van der Waals surface area (Å²) >= 11 is 0. The van der Waals surface area contributed by atoms with Crippen molar-refractivity contribution in [3.8, 4) is 0 Å². The Hall–Kier alpha value is -1.43. The Morgan fingerprint density at radius 1 is 1.73 bits per heavy atom. The van der Waals surface area contributed by atoms with Gasteiger partial charge in [-0.15, -0.1) is 10.2 Å². The lowest BCUT2D eigenvalue weighted by atomic mass is 10.7. The van der Waals surface area contributed by atoms with Crippen LogP contribution in [0.3, 0.4) is 0 Å². The number of nitrogens with one attached hydrogen (secondary N) is 1. The minimum atomic E-state index is 0.310. The van der Waals surface area contributed by atoms with Crippen molar-refractivity contribution >= 4 is 0 Å². The number of H-pyrrole nitrogens is 1. The van der Waals surface area contributed by atoms with Crippen LogP contribution in [0.15, 0.2) is 12.3 Å². The quantitative estimate of drug-likeness (QED) is 0.353. The molecule has 0 aliphatic rings. The second-order valence-electron chi connectivity index (χ2n) is 1.75. The smallest absolute Gasteiger partial charge is 0.171 e. The summed E-state index contributed by atoms with van der Waals surface area (Å²) in [4.78, 5) is 3.56. The largest absolute Gasteiger partial charge is 0.346 e. The Labute approximate surface area is 63.8 Å². The van der Waals surface area contributed by atoms with E-state index in [0.29, 0.717) is 11.6 Å². The topological polar surface area (TPSA) is 83.9 Å². The molecule has 6 heteroatoms. The predicted molar refractivity (Wildman–Crippen MR) is 37.4 cm³/mol. The molecule has 0 aliphatic carbocycles. The molecule has 1 rings (SSSR count). The van der Waals surface area contributed by atoms with E-state index < -0.39 is 0 Å². The molecule has 0 amide bonds. The number of aromatic nitrogens is 4. The summed E-state index contributed by atoms with van der Waals surface area (Å²) < 4.78 is 0. The zero-order chi connectivity index (χ0) is 8.69. The van der Waals surface area contributed by atoms with Crippen molar-refractivity contribution in [2.24, 2.45) is 0 Å². The molecule has 11 heavy (non-hydrogen) atoms. The average Bonchev–Trinajstić information content (AvgIpc) is 2.41. The first-order valence-corrected chi connectivity index (χ1v) is 2.83. The summed E-state index contributed by atoms with van der Waals surface area (Å²) in [6, 6.07) is 0. The monoisotopic (exact) mass is 158 g/mol. The molecule has 0 radical (unpaired) electrons. The summed E-state index contributed by atoms with van der Waals surface area (Å²) in [6.45, 7) is 6.52. The lowest BCUT2D eigenvalue weighted by Crippen LogP contribution is -1.71. The zero-order valence-corrected chi connectivity index (χ0v) is 6.40. The van der Waals surface area contributed by atoms with E-state index in [1.165, 1.54) is 0 Å². The first-order chi connectivity index (χ1) is 5.16. The molecule has 1 aromatic rings. The molecule has 1 aromatic heterocycles. The van der Waals surface area contributed by atoms with Crippen molar-refractivity contribution in [3.63, 3.8) is 0 Å². The molecule has 0 saturated carbocycles. The third-order valence-corrected chi connectivity index (χ3v) is 0.607. The molecular formula is C5H10N4O2. The molecular weight excluding hydrogens is 148 g/mol. The van der Waals surface area contributed by atoms with E-state index in [1.54, 1.807) is 13.8 Å². The van der Waals surface area contributed by atoms with Gasteiger partial charge >= 0.3 is 0 Å². The van der Waals surface area contributed by atoms with Crippen LogP contribution in [-0.4, -0.2) is 25.9 Å². The van der Waals surface area contributed by atoms with Crippen molar-refractivity contribution in [3.05, 3.63) is 18.2 Å². The standard InChI is InChI=1S/C3H6O2.C2H4N4/c1-3(2)5-4;1-2-3-5-6-4-2/h4H,1H2,2H3;1H3,(H,3,4,5,6). The summed E-state index contributed by atoms with van der Waals surface area (Å²) in [5.41, 5.74) is 0. The highest BCUT2D eigenvalue weighted by molar-refractivity contribution is 4.69. The average molecular weight is 158 g/mol. The van der Waals surface area contributed by atoms with Gasteiger partial charge in [-0.2, -0.15) is 5.21 Å². The van der Waals surface area contributed by atoms with Gasteiger partial charge < -0.3 is 4.89 Å². The third-order valence-electron chi connectivity index (χ3n) is 0.607. The number of allylic oxidation sites excluding steroid dienone is 1. The van der Waals surface area contributed by atoms with Gasteiger partial charge in [0, 0.05) is 0 Å². The molecule has 0 fully saturated rings. The molecule has 62 valence electrons. The molecule has 1 heterocycles. The van der Waals surface area contributed by atoms with Gasteiger partial charge in [0.25, 0.3) is 0 Å². The van der Waals surface area contributed by atoms with Crippen molar-refractivity contribution in [1.82, 2.24) is 20.6 Å². The van der Waals surface area contributed by atoms with Gasteiger partial charge in [0.2, 0.25) is 0 Å². The molecule has 0 unspecified atom stereocenters. The lowest BCUT2D eigenvalue weighted by molar-refractivity contribution is -0.201. The van der Waals surface area contributed by atoms with Crippen LogP contribution in [0.1, 0.15) is 12.7 Å². The molecule has 0 saturated heterocycles. The van der Waals surface area contributed by atoms with E-state index in [0.717, 1.165) is 0 Å².